The van der Waals surface area contributed by atoms with Crippen molar-refractivity contribution in [2.45, 2.75) is 30.0 Å². The van der Waals surface area contributed by atoms with Crippen LogP contribution in [0.4, 0.5) is 0 Å². The fourth-order valence-corrected chi connectivity index (χ4v) is 5.70. The second kappa shape index (κ2) is 8.24. The van der Waals surface area contributed by atoms with E-state index in [0.29, 0.717) is 21.4 Å². The van der Waals surface area contributed by atoms with Gasteiger partial charge in [-0.05, 0) is 32.0 Å². The Bertz CT molecular complexity index is 1130. The number of rotatable bonds is 6. The highest BCUT2D eigenvalue weighted by Crippen LogP contribution is 2.34. The maximum atomic E-state index is 13.0. The highest BCUT2D eigenvalue weighted by atomic mass is 35.5. The molecule has 0 fully saturated rings. The fourth-order valence-electron chi connectivity index (χ4n) is 2.79. The van der Waals surface area contributed by atoms with Gasteiger partial charge in [0.2, 0.25) is 0 Å². The van der Waals surface area contributed by atoms with E-state index >= 15 is 0 Å². The van der Waals surface area contributed by atoms with Crippen LogP contribution in [0.1, 0.15) is 39.0 Å². The number of para-hydroxylation sites is 1. The van der Waals surface area contributed by atoms with E-state index in [2.05, 4.69) is 15.5 Å². The molecule has 0 aliphatic heterocycles. The van der Waals surface area contributed by atoms with Crippen LogP contribution in [0.2, 0.25) is 4.34 Å². The molecule has 1 aromatic carbocycles. The minimum Gasteiger partial charge on any atom is -0.451 e. The Kier molecular flexibility index (Phi) is 5.73. The summed E-state index contributed by atoms with van der Waals surface area (Å²) >= 11 is 10.6. The number of carbonyl (C=O) groups excluding carboxylic acids is 1. The number of thiophene rings is 1. The van der Waals surface area contributed by atoms with E-state index in [1.165, 1.54) is 22.7 Å². The normalized spacial score (nSPS) is 12.4. The summed E-state index contributed by atoms with van der Waals surface area (Å²) in [5.74, 6) is 0.676. The van der Waals surface area contributed by atoms with Gasteiger partial charge in [-0.25, -0.2) is 0 Å². The van der Waals surface area contributed by atoms with Gasteiger partial charge < -0.3 is 9.73 Å². The van der Waals surface area contributed by atoms with Gasteiger partial charge in [0.05, 0.1) is 10.4 Å². The van der Waals surface area contributed by atoms with Crippen LogP contribution >= 0.6 is 46.0 Å². The lowest BCUT2D eigenvalue weighted by Gasteiger charge is -2.11. The van der Waals surface area contributed by atoms with Gasteiger partial charge in [0.15, 0.2) is 10.1 Å². The number of nitrogens with zero attached hydrogens (tertiary/aromatic N) is 2. The van der Waals surface area contributed by atoms with Crippen LogP contribution in [-0.2, 0) is 5.75 Å². The quantitative estimate of drug-likeness (QED) is 0.360. The third kappa shape index (κ3) is 4.10. The number of hydrogen-bond acceptors (Lipinski definition) is 7. The molecule has 0 aliphatic rings. The van der Waals surface area contributed by atoms with Gasteiger partial charge in [0, 0.05) is 21.6 Å². The minimum absolute atomic E-state index is 0.162. The first kappa shape index (κ1) is 19.4. The Morgan fingerprint density at radius 1 is 1.25 bits per heavy atom. The predicted octanol–water partition coefficient (Wildman–Crippen LogP) is 6.09. The van der Waals surface area contributed by atoms with Crippen LogP contribution < -0.4 is 5.32 Å². The van der Waals surface area contributed by atoms with Crippen LogP contribution in [0.5, 0.6) is 0 Å². The molecule has 28 heavy (non-hydrogen) atoms. The molecule has 3 heterocycles. The van der Waals surface area contributed by atoms with E-state index in [-0.39, 0.29) is 11.9 Å². The average Bonchev–Trinajstić information content (AvgIpc) is 3.38. The summed E-state index contributed by atoms with van der Waals surface area (Å²) in [6, 6.07) is 11.3. The van der Waals surface area contributed by atoms with E-state index in [1.807, 2.05) is 50.2 Å². The summed E-state index contributed by atoms with van der Waals surface area (Å²) in [5.41, 5.74) is 1.56. The van der Waals surface area contributed by atoms with E-state index in [0.717, 1.165) is 25.2 Å². The number of amides is 1. The molecule has 0 spiro atoms. The van der Waals surface area contributed by atoms with E-state index in [1.54, 1.807) is 11.8 Å². The number of thioether (sulfide) groups is 1. The molecule has 5 nitrogen and oxygen atoms in total. The zero-order valence-corrected chi connectivity index (χ0v) is 18.3. The Morgan fingerprint density at radius 2 is 2.07 bits per heavy atom. The van der Waals surface area contributed by atoms with Crippen LogP contribution in [-0.4, -0.2) is 16.1 Å². The standard InChI is InChI=1S/C19H16ClN3O2S3/c1-10(15-7-8-16(20)28-15)21-18(24)17-13(9-26-19-23-22-11(2)27-19)12-5-3-4-6-14(12)25-17/h3-8,10H,9H2,1-2H3,(H,21,24). The lowest BCUT2D eigenvalue weighted by molar-refractivity contribution is 0.0913. The van der Waals surface area contributed by atoms with E-state index in [4.69, 9.17) is 16.0 Å². The van der Waals surface area contributed by atoms with Crippen molar-refractivity contribution in [3.05, 3.63) is 61.9 Å². The second-order valence-corrected chi connectivity index (χ2v) is 10.3. The van der Waals surface area contributed by atoms with Crippen LogP contribution in [0.3, 0.4) is 0 Å². The fraction of sp³-hybridized carbons (Fsp3) is 0.211. The molecule has 0 radical (unpaired) electrons. The smallest absolute Gasteiger partial charge is 0.287 e. The van der Waals surface area contributed by atoms with Crippen LogP contribution in [0, 0.1) is 6.92 Å². The summed E-state index contributed by atoms with van der Waals surface area (Å²) in [6.07, 6.45) is 0. The first-order valence-electron chi connectivity index (χ1n) is 8.50. The molecule has 144 valence electrons. The van der Waals surface area contributed by atoms with Crippen molar-refractivity contribution in [3.63, 3.8) is 0 Å². The number of carbonyl (C=O) groups is 1. The van der Waals surface area contributed by atoms with Crippen LogP contribution in [0.15, 0.2) is 45.2 Å². The van der Waals surface area contributed by atoms with Crippen molar-refractivity contribution in [2.24, 2.45) is 0 Å². The van der Waals surface area contributed by atoms with Gasteiger partial charge in [-0.2, -0.15) is 0 Å². The Balaban J connectivity index is 1.60. The Morgan fingerprint density at radius 3 is 2.79 bits per heavy atom. The number of halogens is 1. The third-order valence-electron chi connectivity index (χ3n) is 4.12. The topological polar surface area (TPSA) is 68.0 Å². The molecule has 1 unspecified atom stereocenters. The number of hydrogen-bond donors (Lipinski definition) is 1. The molecule has 0 aliphatic carbocycles. The minimum atomic E-state index is -0.239. The zero-order valence-electron chi connectivity index (χ0n) is 15.1. The van der Waals surface area contributed by atoms with Crippen molar-refractivity contribution in [3.8, 4) is 0 Å². The number of furan rings is 1. The molecule has 1 amide bonds. The highest BCUT2D eigenvalue weighted by Gasteiger charge is 2.23. The molecule has 0 bridgehead atoms. The van der Waals surface area contributed by atoms with E-state index in [9.17, 15) is 4.79 Å². The van der Waals surface area contributed by atoms with Gasteiger partial charge in [-0.1, -0.05) is 52.9 Å². The summed E-state index contributed by atoms with van der Waals surface area (Å²) < 4.78 is 7.49. The van der Waals surface area contributed by atoms with E-state index < -0.39 is 0 Å². The summed E-state index contributed by atoms with van der Waals surface area (Å²) in [7, 11) is 0. The summed E-state index contributed by atoms with van der Waals surface area (Å²) in [6.45, 7) is 3.85. The van der Waals surface area contributed by atoms with Crippen molar-refractivity contribution < 1.29 is 9.21 Å². The SMILES string of the molecule is Cc1nnc(SCc2c(C(=O)NC(C)c3ccc(Cl)s3)oc3ccccc23)s1. The molecule has 3 aromatic heterocycles. The van der Waals surface area contributed by atoms with Crippen molar-refractivity contribution in [1.29, 1.82) is 0 Å². The zero-order chi connectivity index (χ0) is 19.7. The number of benzene rings is 1. The molecule has 4 rings (SSSR count). The van der Waals surface area contributed by atoms with Crippen molar-refractivity contribution in [1.82, 2.24) is 15.5 Å². The lowest BCUT2D eigenvalue weighted by Crippen LogP contribution is -2.26. The molecule has 1 N–H and O–H groups in total. The molecule has 4 aromatic rings. The number of nitrogens with one attached hydrogen (secondary N) is 1. The van der Waals surface area contributed by atoms with Crippen LogP contribution in [0.25, 0.3) is 11.0 Å². The van der Waals surface area contributed by atoms with Gasteiger partial charge in [-0.3, -0.25) is 4.79 Å². The second-order valence-electron chi connectivity index (χ2n) is 6.12. The molecule has 1 atom stereocenters. The number of aromatic nitrogens is 2. The maximum absolute atomic E-state index is 13.0. The van der Waals surface area contributed by atoms with Gasteiger partial charge in [-0.15, -0.1) is 21.5 Å². The Labute approximate surface area is 179 Å². The van der Waals surface area contributed by atoms with Gasteiger partial charge in [0.1, 0.15) is 10.6 Å². The largest absolute Gasteiger partial charge is 0.451 e. The summed E-state index contributed by atoms with van der Waals surface area (Å²) in [4.78, 5) is 14.0. The highest BCUT2D eigenvalue weighted by molar-refractivity contribution is 8.00. The molecular weight excluding hydrogens is 434 g/mol. The maximum Gasteiger partial charge on any atom is 0.287 e. The van der Waals surface area contributed by atoms with Crippen molar-refractivity contribution >= 4 is 62.9 Å². The first-order chi connectivity index (χ1) is 13.5. The van der Waals surface area contributed by atoms with Crippen molar-refractivity contribution in [2.75, 3.05) is 0 Å². The molecule has 9 heteroatoms. The number of aryl methyl sites for hydroxylation is 1. The predicted molar refractivity (Wildman–Crippen MR) is 116 cm³/mol. The number of fused-ring (bicyclic) bond motifs is 1. The molecule has 0 saturated heterocycles. The first-order valence-corrected chi connectivity index (χ1v) is 11.5. The monoisotopic (exact) mass is 449 g/mol. The van der Waals surface area contributed by atoms with Gasteiger partial charge >= 0.3 is 0 Å². The van der Waals surface area contributed by atoms with Gasteiger partial charge in [0.25, 0.3) is 5.91 Å². The Hall–Kier alpha value is -1.87. The molecular formula is C19H16ClN3O2S3. The average molecular weight is 450 g/mol. The molecule has 0 saturated carbocycles. The third-order valence-corrected chi connectivity index (χ3v) is 7.53. The lowest BCUT2D eigenvalue weighted by atomic mass is 10.1. The summed E-state index contributed by atoms with van der Waals surface area (Å²) in [5, 5.41) is 13.1.